The number of carbonyl (C=O) groups excluding carboxylic acids is 2. The molecule has 1 saturated heterocycles. The number of aromatic amines is 1. The first kappa shape index (κ1) is 29.5. The molecule has 0 radical (unpaired) electrons. The number of nitrogens with zero attached hydrogens (tertiary/aromatic N) is 3. The number of alkyl halides is 3. The van der Waals surface area contributed by atoms with E-state index in [1.807, 2.05) is 18.2 Å². The lowest BCUT2D eigenvalue weighted by molar-refractivity contribution is -0.192. The Morgan fingerprint density at radius 2 is 1.82 bits per heavy atom. The van der Waals surface area contributed by atoms with Gasteiger partial charge >= 0.3 is 18.2 Å². The monoisotopic (exact) mass is 555 g/mol. The Bertz CT molecular complexity index is 1490. The summed E-state index contributed by atoms with van der Waals surface area (Å²) in [5.41, 5.74) is 9.45. The van der Waals surface area contributed by atoms with Gasteiger partial charge in [-0.3, -0.25) is 4.79 Å². The van der Waals surface area contributed by atoms with E-state index in [1.54, 1.807) is 41.4 Å². The number of anilines is 2. The van der Waals surface area contributed by atoms with Gasteiger partial charge in [-0.1, -0.05) is 6.07 Å². The molecule has 0 spiro atoms. The van der Waals surface area contributed by atoms with Gasteiger partial charge < -0.3 is 31.4 Å². The fraction of sp³-hybridized carbons (Fsp3) is 0.269. The number of halogens is 3. The number of likely N-dealkylation sites (tertiary alicyclic amines) is 1. The third-order valence-electron chi connectivity index (χ3n) is 5.96. The molecule has 1 fully saturated rings. The Balaban J connectivity index is 0.000000559. The Hall–Kier alpha value is -5.08. The second-order valence-electron chi connectivity index (χ2n) is 8.78. The van der Waals surface area contributed by atoms with E-state index in [4.69, 9.17) is 20.9 Å². The zero-order valence-electron chi connectivity index (χ0n) is 20.8. The molecular formula is C26H24F3N7O4. The number of amides is 3. The van der Waals surface area contributed by atoms with Crippen molar-refractivity contribution in [2.75, 3.05) is 17.2 Å². The molecule has 208 valence electrons. The fourth-order valence-corrected chi connectivity index (χ4v) is 4.09. The molecule has 40 heavy (non-hydrogen) atoms. The van der Waals surface area contributed by atoms with Gasteiger partial charge in [0, 0.05) is 35.0 Å². The van der Waals surface area contributed by atoms with Crippen molar-refractivity contribution in [2.45, 2.75) is 37.5 Å². The maximum atomic E-state index is 12.8. The van der Waals surface area contributed by atoms with Crippen molar-refractivity contribution in [3.05, 3.63) is 59.8 Å². The molecule has 0 saturated carbocycles. The minimum absolute atomic E-state index is 0.221. The van der Waals surface area contributed by atoms with Crippen LogP contribution >= 0.6 is 0 Å². The SMILES string of the molecule is N#Cc1cccc(NC(=O)Nc2ccc3[nH]cc(CC(N)C(=O)N4CCCC4C#N)c3c2)c1.O=C(O)C(F)(F)F. The smallest absolute Gasteiger partial charge is 0.475 e. The van der Waals surface area contributed by atoms with Crippen molar-refractivity contribution < 1.29 is 32.7 Å². The van der Waals surface area contributed by atoms with Crippen LogP contribution in [-0.4, -0.2) is 57.7 Å². The van der Waals surface area contributed by atoms with E-state index >= 15 is 0 Å². The molecule has 4 rings (SSSR count). The number of nitrogens with one attached hydrogen (secondary N) is 3. The second-order valence-corrected chi connectivity index (χ2v) is 8.78. The second kappa shape index (κ2) is 12.6. The van der Waals surface area contributed by atoms with E-state index in [1.165, 1.54) is 0 Å². The molecule has 11 nitrogen and oxygen atoms in total. The number of urea groups is 1. The van der Waals surface area contributed by atoms with Gasteiger partial charge in [0.25, 0.3) is 0 Å². The summed E-state index contributed by atoms with van der Waals surface area (Å²) in [7, 11) is 0. The van der Waals surface area contributed by atoms with E-state index in [9.17, 15) is 28.0 Å². The van der Waals surface area contributed by atoms with Crippen LogP contribution in [0, 0.1) is 22.7 Å². The minimum atomic E-state index is -5.08. The lowest BCUT2D eigenvalue weighted by Gasteiger charge is -2.23. The molecule has 0 aliphatic carbocycles. The van der Waals surface area contributed by atoms with Crippen molar-refractivity contribution in [2.24, 2.45) is 5.73 Å². The van der Waals surface area contributed by atoms with Crippen LogP contribution in [0.15, 0.2) is 48.7 Å². The molecule has 2 atom stereocenters. The average Bonchev–Trinajstić information content (AvgIpc) is 3.55. The van der Waals surface area contributed by atoms with Crippen LogP contribution < -0.4 is 16.4 Å². The molecule has 14 heteroatoms. The number of carbonyl (C=O) groups is 3. The predicted octanol–water partition coefficient (Wildman–Crippen LogP) is 3.70. The number of aromatic nitrogens is 1. The highest BCUT2D eigenvalue weighted by atomic mass is 19.4. The van der Waals surface area contributed by atoms with Gasteiger partial charge in [-0.05, 0) is 61.2 Å². The summed E-state index contributed by atoms with van der Waals surface area (Å²) < 4.78 is 31.7. The molecule has 3 amide bonds. The minimum Gasteiger partial charge on any atom is -0.475 e. The summed E-state index contributed by atoms with van der Waals surface area (Å²) in [6, 6.07) is 14.6. The number of nitrogens with two attached hydrogens (primary N) is 1. The van der Waals surface area contributed by atoms with E-state index < -0.39 is 30.3 Å². The van der Waals surface area contributed by atoms with Crippen molar-refractivity contribution in [1.82, 2.24) is 9.88 Å². The standard InChI is InChI=1S/C24H23N7O2.C2HF3O2/c25-12-15-3-1-4-17(9-15)29-24(33)30-18-6-7-22-20(11-18)16(14-28-22)10-21(27)23(32)31-8-2-5-19(31)13-26;3-2(4,5)1(6)7/h1,3-4,6-7,9,11,14,19,21,28H,2,5,8,10,27H2,(H2,29,30,33);(H,6,7). The number of hydrogen-bond acceptors (Lipinski definition) is 6. The first-order chi connectivity index (χ1) is 18.9. The number of carboxylic acid groups (broad SMARTS) is 1. The maximum absolute atomic E-state index is 12.8. The number of nitriles is 2. The molecular weight excluding hydrogens is 531 g/mol. The molecule has 2 unspecified atom stereocenters. The highest BCUT2D eigenvalue weighted by molar-refractivity contribution is 6.01. The third kappa shape index (κ3) is 7.49. The highest BCUT2D eigenvalue weighted by Crippen LogP contribution is 2.25. The van der Waals surface area contributed by atoms with E-state index in [-0.39, 0.29) is 5.91 Å². The van der Waals surface area contributed by atoms with Gasteiger partial charge in [-0.25, -0.2) is 9.59 Å². The summed E-state index contributed by atoms with van der Waals surface area (Å²) >= 11 is 0. The van der Waals surface area contributed by atoms with E-state index in [2.05, 4.69) is 21.7 Å². The first-order valence-corrected chi connectivity index (χ1v) is 11.9. The van der Waals surface area contributed by atoms with Crippen molar-refractivity contribution in [3.63, 3.8) is 0 Å². The number of aliphatic carboxylic acids is 1. The lowest BCUT2D eigenvalue weighted by atomic mass is 10.0. The van der Waals surface area contributed by atoms with Crippen LogP contribution in [0.25, 0.3) is 10.9 Å². The number of benzene rings is 2. The Labute approximate surface area is 226 Å². The first-order valence-electron chi connectivity index (χ1n) is 11.9. The largest absolute Gasteiger partial charge is 0.490 e. The van der Waals surface area contributed by atoms with Crippen LogP contribution in [0.2, 0.25) is 0 Å². The molecule has 2 heterocycles. The van der Waals surface area contributed by atoms with Gasteiger partial charge in [0.1, 0.15) is 6.04 Å². The number of fused-ring (bicyclic) bond motifs is 1. The lowest BCUT2D eigenvalue weighted by Crippen LogP contribution is -2.46. The number of rotatable bonds is 5. The number of H-pyrrole nitrogens is 1. The summed E-state index contributed by atoms with van der Waals surface area (Å²) in [6.45, 7) is 0.555. The predicted molar refractivity (Wildman–Crippen MR) is 138 cm³/mol. The molecule has 1 aromatic heterocycles. The highest BCUT2D eigenvalue weighted by Gasteiger charge is 2.38. The van der Waals surface area contributed by atoms with Crippen LogP contribution in [0.4, 0.5) is 29.3 Å². The quantitative estimate of drug-likeness (QED) is 0.317. The summed E-state index contributed by atoms with van der Waals surface area (Å²) in [6.07, 6.45) is -1.48. The Kier molecular flexibility index (Phi) is 9.32. The maximum Gasteiger partial charge on any atom is 0.490 e. The zero-order chi connectivity index (χ0) is 29.4. The molecule has 1 aliphatic heterocycles. The number of carboxylic acids is 1. The van der Waals surface area contributed by atoms with Crippen LogP contribution in [0.5, 0.6) is 0 Å². The van der Waals surface area contributed by atoms with Crippen molar-refractivity contribution in [1.29, 1.82) is 10.5 Å². The van der Waals surface area contributed by atoms with Crippen LogP contribution in [-0.2, 0) is 16.0 Å². The number of hydrogen-bond donors (Lipinski definition) is 5. The Morgan fingerprint density at radius 3 is 2.45 bits per heavy atom. The van der Waals surface area contributed by atoms with Gasteiger partial charge in [0.05, 0.1) is 23.7 Å². The molecule has 0 bridgehead atoms. The van der Waals surface area contributed by atoms with Crippen LogP contribution in [0.1, 0.15) is 24.0 Å². The molecule has 2 aromatic carbocycles. The summed E-state index contributed by atoms with van der Waals surface area (Å²) in [5.74, 6) is -2.98. The summed E-state index contributed by atoms with van der Waals surface area (Å²) in [5, 5.41) is 31.7. The average molecular weight is 556 g/mol. The molecule has 1 aliphatic rings. The molecule has 3 aromatic rings. The van der Waals surface area contributed by atoms with Gasteiger partial charge in [-0.15, -0.1) is 0 Å². The normalized spacial score (nSPS) is 15.2. The van der Waals surface area contributed by atoms with E-state index in [0.717, 1.165) is 22.9 Å². The zero-order valence-corrected chi connectivity index (χ0v) is 20.8. The Morgan fingerprint density at radius 1 is 1.15 bits per heavy atom. The topological polar surface area (TPSA) is 188 Å². The van der Waals surface area contributed by atoms with E-state index in [0.29, 0.717) is 36.3 Å². The van der Waals surface area contributed by atoms with Crippen molar-refractivity contribution >= 4 is 40.2 Å². The molecule has 6 N–H and O–H groups in total. The third-order valence-corrected chi connectivity index (χ3v) is 5.96. The van der Waals surface area contributed by atoms with Gasteiger partial charge in [0.15, 0.2) is 0 Å². The van der Waals surface area contributed by atoms with Gasteiger partial charge in [0.2, 0.25) is 5.91 Å². The summed E-state index contributed by atoms with van der Waals surface area (Å²) in [4.78, 5) is 38.8. The van der Waals surface area contributed by atoms with Crippen LogP contribution in [0.3, 0.4) is 0 Å². The van der Waals surface area contributed by atoms with Gasteiger partial charge in [-0.2, -0.15) is 23.7 Å². The fourth-order valence-electron chi connectivity index (χ4n) is 4.09. The van der Waals surface area contributed by atoms with Crippen molar-refractivity contribution in [3.8, 4) is 12.1 Å².